The Bertz CT molecular complexity index is 310. The van der Waals surface area contributed by atoms with Crippen molar-refractivity contribution in [1.29, 1.82) is 0 Å². The SMILES string of the molecule is CCN(CC(C)(C)O)C(=O)CCN1CCCC1=O. The number of rotatable bonds is 6. The van der Waals surface area contributed by atoms with E-state index in [0.717, 1.165) is 13.0 Å². The van der Waals surface area contributed by atoms with E-state index in [1.165, 1.54) is 0 Å². The van der Waals surface area contributed by atoms with E-state index in [1.54, 1.807) is 23.6 Å². The van der Waals surface area contributed by atoms with Crippen LogP contribution in [0.2, 0.25) is 0 Å². The van der Waals surface area contributed by atoms with Crippen LogP contribution in [0.5, 0.6) is 0 Å². The van der Waals surface area contributed by atoms with Crippen molar-refractivity contribution < 1.29 is 14.7 Å². The van der Waals surface area contributed by atoms with E-state index in [1.807, 2.05) is 6.92 Å². The minimum atomic E-state index is -0.880. The molecule has 0 aromatic rings. The van der Waals surface area contributed by atoms with Crippen LogP contribution in [0.25, 0.3) is 0 Å². The number of likely N-dealkylation sites (N-methyl/N-ethyl adjacent to an activating group) is 1. The molecule has 0 aromatic heterocycles. The molecule has 1 aliphatic rings. The summed E-state index contributed by atoms with van der Waals surface area (Å²) in [6, 6.07) is 0. The molecular weight excluding hydrogens is 232 g/mol. The van der Waals surface area contributed by atoms with Gasteiger partial charge in [-0.1, -0.05) is 0 Å². The molecule has 2 amide bonds. The zero-order valence-corrected chi connectivity index (χ0v) is 11.6. The molecule has 1 fully saturated rings. The maximum Gasteiger partial charge on any atom is 0.224 e. The van der Waals surface area contributed by atoms with E-state index in [4.69, 9.17) is 0 Å². The van der Waals surface area contributed by atoms with Crippen LogP contribution in [0.15, 0.2) is 0 Å². The Labute approximate surface area is 109 Å². The summed E-state index contributed by atoms with van der Waals surface area (Å²) < 4.78 is 0. The third-order valence-corrected chi connectivity index (χ3v) is 3.08. The van der Waals surface area contributed by atoms with Crippen molar-refractivity contribution in [3.63, 3.8) is 0 Å². The summed E-state index contributed by atoms with van der Waals surface area (Å²) in [5.74, 6) is 0.146. The van der Waals surface area contributed by atoms with Crippen molar-refractivity contribution in [1.82, 2.24) is 9.80 Å². The van der Waals surface area contributed by atoms with Crippen LogP contribution in [0, 0.1) is 0 Å². The molecule has 1 heterocycles. The molecule has 0 atom stereocenters. The number of hydrogen-bond acceptors (Lipinski definition) is 3. The van der Waals surface area contributed by atoms with Gasteiger partial charge in [0.05, 0.1) is 5.60 Å². The molecular formula is C13H24N2O3. The van der Waals surface area contributed by atoms with Crippen LogP contribution in [0.3, 0.4) is 0 Å². The first-order chi connectivity index (χ1) is 8.33. The van der Waals surface area contributed by atoms with Crippen LogP contribution < -0.4 is 0 Å². The molecule has 104 valence electrons. The van der Waals surface area contributed by atoms with Crippen molar-refractivity contribution in [3.05, 3.63) is 0 Å². The summed E-state index contributed by atoms with van der Waals surface area (Å²) in [6.45, 7) is 7.45. The third kappa shape index (κ3) is 4.64. The van der Waals surface area contributed by atoms with Gasteiger partial charge < -0.3 is 14.9 Å². The minimum Gasteiger partial charge on any atom is -0.389 e. The van der Waals surface area contributed by atoms with E-state index in [2.05, 4.69) is 0 Å². The van der Waals surface area contributed by atoms with Gasteiger partial charge in [-0.3, -0.25) is 9.59 Å². The molecule has 1 aliphatic heterocycles. The van der Waals surface area contributed by atoms with Gasteiger partial charge in [-0.2, -0.15) is 0 Å². The number of aliphatic hydroxyl groups is 1. The quantitative estimate of drug-likeness (QED) is 0.758. The molecule has 18 heavy (non-hydrogen) atoms. The van der Waals surface area contributed by atoms with Crippen LogP contribution in [0.4, 0.5) is 0 Å². The highest BCUT2D eigenvalue weighted by atomic mass is 16.3. The van der Waals surface area contributed by atoms with E-state index in [9.17, 15) is 14.7 Å². The Morgan fingerprint density at radius 1 is 1.50 bits per heavy atom. The molecule has 1 N–H and O–H groups in total. The highest BCUT2D eigenvalue weighted by molar-refractivity contribution is 5.80. The highest BCUT2D eigenvalue weighted by Gasteiger charge is 2.24. The second-order valence-corrected chi connectivity index (χ2v) is 5.45. The number of hydrogen-bond donors (Lipinski definition) is 1. The summed E-state index contributed by atoms with van der Waals surface area (Å²) in [4.78, 5) is 26.8. The maximum atomic E-state index is 12.0. The van der Waals surface area contributed by atoms with Gasteiger partial charge in [0.25, 0.3) is 0 Å². The Morgan fingerprint density at radius 3 is 2.61 bits per heavy atom. The molecule has 5 nitrogen and oxygen atoms in total. The minimum absolute atomic E-state index is 0.000625. The van der Waals surface area contributed by atoms with E-state index in [-0.39, 0.29) is 11.8 Å². The standard InChI is InChI=1S/C13H24N2O3/c1-4-14(10-13(2,3)18)12(17)7-9-15-8-5-6-11(15)16/h18H,4-10H2,1-3H3. The number of likely N-dealkylation sites (tertiary alicyclic amines) is 1. The molecule has 0 radical (unpaired) electrons. The number of carbonyl (C=O) groups is 2. The van der Waals surface area contributed by atoms with Gasteiger partial charge >= 0.3 is 0 Å². The second-order valence-electron chi connectivity index (χ2n) is 5.45. The first-order valence-corrected chi connectivity index (χ1v) is 6.61. The van der Waals surface area contributed by atoms with Gasteiger partial charge in [-0.25, -0.2) is 0 Å². The molecule has 1 rings (SSSR count). The lowest BCUT2D eigenvalue weighted by Gasteiger charge is -2.28. The van der Waals surface area contributed by atoms with Gasteiger partial charge in [-0.15, -0.1) is 0 Å². The van der Waals surface area contributed by atoms with Crippen LogP contribution in [-0.2, 0) is 9.59 Å². The molecule has 0 unspecified atom stereocenters. The monoisotopic (exact) mass is 256 g/mol. The van der Waals surface area contributed by atoms with Gasteiger partial charge in [0.1, 0.15) is 0 Å². The zero-order valence-electron chi connectivity index (χ0n) is 11.6. The first-order valence-electron chi connectivity index (χ1n) is 6.61. The van der Waals surface area contributed by atoms with Gasteiger partial charge in [0.2, 0.25) is 11.8 Å². The molecule has 1 saturated heterocycles. The predicted molar refractivity (Wildman–Crippen MR) is 69.0 cm³/mol. The molecule has 5 heteroatoms. The Hall–Kier alpha value is -1.10. The largest absolute Gasteiger partial charge is 0.389 e. The van der Waals surface area contributed by atoms with Crippen molar-refractivity contribution in [2.45, 2.75) is 45.6 Å². The average Bonchev–Trinajstić information content (AvgIpc) is 2.67. The predicted octanol–water partition coefficient (Wildman–Crippen LogP) is 0.618. The average molecular weight is 256 g/mol. The Morgan fingerprint density at radius 2 is 2.17 bits per heavy atom. The van der Waals surface area contributed by atoms with Gasteiger partial charge in [0.15, 0.2) is 0 Å². The normalized spacial score (nSPS) is 16.2. The van der Waals surface area contributed by atoms with E-state index in [0.29, 0.717) is 32.5 Å². The van der Waals surface area contributed by atoms with Crippen molar-refractivity contribution >= 4 is 11.8 Å². The topological polar surface area (TPSA) is 60.9 Å². The highest BCUT2D eigenvalue weighted by Crippen LogP contribution is 2.11. The summed E-state index contributed by atoms with van der Waals surface area (Å²) in [5, 5.41) is 9.73. The molecule has 0 aromatic carbocycles. The molecule has 0 spiro atoms. The lowest BCUT2D eigenvalue weighted by molar-refractivity contribution is -0.135. The Balaban J connectivity index is 2.40. The maximum absolute atomic E-state index is 12.0. The lowest BCUT2D eigenvalue weighted by atomic mass is 10.1. The smallest absolute Gasteiger partial charge is 0.224 e. The summed E-state index contributed by atoms with van der Waals surface area (Å²) in [7, 11) is 0. The third-order valence-electron chi connectivity index (χ3n) is 3.08. The fourth-order valence-corrected chi connectivity index (χ4v) is 2.17. The van der Waals surface area contributed by atoms with Crippen LogP contribution in [0.1, 0.15) is 40.0 Å². The second kappa shape index (κ2) is 6.18. The Kier molecular flexibility index (Phi) is 5.14. The van der Waals surface area contributed by atoms with E-state index >= 15 is 0 Å². The lowest BCUT2D eigenvalue weighted by Crippen LogP contribution is -2.43. The van der Waals surface area contributed by atoms with Crippen LogP contribution >= 0.6 is 0 Å². The van der Waals surface area contributed by atoms with Gasteiger partial charge in [0, 0.05) is 39.0 Å². The summed E-state index contributed by atoms with van der Waals surface area (Å²) in [6.07, 6.45) is 1.85. The molecule has 0 saturated carbocycles. The molecule has 0 bridgehead atoms. The van der Waals surface area contributed by atoms with Crippen molar-refractivity contribution in [2.75, 3.05) is 26.2 Å². The van der Waals surface area contributed by atoms with Crippen molar-refractivity contribution in [3.8, 4) is 0 Å². The van der Waals surface area contributed by atoms with Crippen LogP contribution in [-0.4, -0.2) is 58.5 Å². The number of carbonyl (C=O) groups excluding carboxylic acids is 2. The fourth-order valence-electron chi connectivity index (χ4n) is 2.17. The van der Waals surface area contributed by atoms with Gasteiger partial charge in [-0.05, 0) is 27.2 Å². The van der Waals surface area contributed by atoms with Crippen molar-refractivity contribution in [2.24, 2.45) is 0 Å². The summed E-state index contributed by atoms with van der Waals surface area (Å²) in [5.41, 5.74) is -0.880. The van der Waals surface area contributed by atoms with E-state index < -0.39 is 5.60 Å². The fraction of sp³-hybridized carbons (Fsp3) is 0.846. The zero-order chi connectivity index (χ0) is 13.8. The number of nitrogens with zero attached hydrogens (tertiary/aromatic N) is 2. The molecule has 0 aliphatic carbocycles. The first kappa shape index (κ1) is 15.0. The number of amides is 2. The summed E-state index contributed by atoms with van der Waals surface area (Å²) >= 11 is 0.